The Kier molecular flexibility index (Phi) is 6.19. The molecule has 0 saturated heterocycles. The van der Waals surface area contributed by atoms with Crippen LogP contribution in [0.1, 0.15) is 38.2 Å². The Labute approximate surface area is 103 Å². The van der Waals surface area contributed by atoms with E-state index >= 15 is 0 Å². The van der Waals surface area contributed by atoms with Crippen LogP contribution in [0.4, 0.5) is 0 Å². The van der Waals surface area contributed by atoms with Crippen molar-refractivity contribution in [1.29, 1.82) is 0 Å². The van der Waals surface area contributed by atoms with Gasteiger partial charge < -0.3 is 14.6 Å². The van der Waals surface area contributed by atoms with Gasteiger partial charge in [-0.3, -0.25) is 0 Å². The van der Waals surface area contributed by atoms with Gasteiger partial charge in [-0.25, -0.2) is 0 Å². The fourth-order valence-electron chi connectivity index (χ4n) is 1.70. The topological polar surface area (TPSA) is 38.7 Å². The third kappa shape index (κ3) is 4.86. The number of hydrogen-bond acceptors (Lipinski definition) is 3. The quantitative estimate of drug-likeness (QED) is 0.742. The van der Waals surface area contributed by atoms with Crippen molar-refractivity contribution in [1.82, 2.24) is 0 Å². The molecule has 96 valence electrons. The van der Waals surface area contributed by atoms with E-state index < -0.39 is 0 Å². The first-order chi connectivity index (χ1) is 8.17. The average Bonchev–Trinajstić information content (AvgIpc) is 2.29. The summed E-state index contributed by atoms with van der Waals surface area (Å²) >= 11 is 0. The maximum Gasteiger partial charge on any atom is 0.183 e. The number of rotatable bonds is 7. The molecule has 0 aliphatic rings. The van der Waals surface area contributed by atoms with Crippen molar-refractivity contribution in [2.75, 3.05) is 13.2 Å². The molecule has 3 heteroatoms. The van der Waals surface area contributed by atoms with E-state index in [1.165, 1.54) is 0 Å². The van der Waals surface area contributed by atoms with Gasteiger partial charge in [0.1, 0.15) is 0 Å². The zero-order chi connectivity index (χ0) is 12.7. The van der Waals surface area contributed by atoms with Crippen molar-refractivity contribution in [3.05, 3.63) is 35.4 Å². The van der Waals surface area contributed by atoms with Gasteiger partial charge >= 0.3 is 0 Å². The lowest BCUT2D eigenvalue weighted by atomic mass is 10.1. The number of hydrogen-bond donors (Lipinski definition) is 1. The molecule has 0 aliphatic heterocycles. The standard InChI is InChI=1S/C14H22O3/c1-4-16-14(17-5-2)13-8-6-12(7-9-13)10-11(3)15/h6-9,11,14-15H,4-5,10H2,1-3H3. The molecule has 1 aromatic carbocycles. The van der Waals surface area contributed by atoms with Crippen LogP contribution in [0, 0.1) is 0 Å². The smallest absolute Gasteiger partial charge is 0.183 e. The Morgan fingerprint density at radius 1 is 1.06 bits per heavy atom. The summed E-state index contributed by atoms with van der Waals surface area (Å²) in [5, 5.41) is 9.30. The second-order valence-electron chi connectivity index (χ2n) is 4.04. The van der Waals surface area contributed by atoms with Gasteiger partial charge in [0, 0.05) is 18.8 Å². The fraction of sp³-hybridized carbons (Fsp3) is 0.571. The first-order valence-electron chi connectivity index (χ1n) is 6.17. The van der Waals surface area contributed by atoms with Crippen molar-refractivity contribution in [3.8, 4) is 0 Å². The van der Waals surface area contributed by atoms with E-state index in [-0.39, 0.29) is 12.4 Å². The fourth-order valence-corrected chi connectivity index (χ4v) is 1.70. The van der Waals surface area contributed by atoms with Gasteiger partial charge in [0.15, 0.2) is 6.29 Å². The molecule has 1 atom stereocenters. The molecule has 1 aromatic rings. The molecule has 0 aromatic heterocycles. The highest BCUT2D eigenvalue weighted by Crippen LogP contribution is 2.19. The molecule has 17 heavy (non-hydrogen) atoms. The summed E-state index contributed by atoms with van der Waals surface area (Å²) in [6, 6.07) is 8.00. The van der Waals surface area contributed by atoms with E-state index in [0.717, 1.165) is 11.1 Å². The Hall–Kier alpha value is -0.900. The predicted molar refractivity (Wildman–Crippen MR) is 67.8 cm³/mol. The molecular formula is C14H22O3. The summed E-state index contributed by atoms with van der Waals surface area (Å²) in [4.78, 5) is 0. The number of ether oxygens (including phenoxy) is 2. The van der Waals surface area contributed by atoms with Gasteiger partial charge in [-0.05, 0) is 32.8 Å². The molecule has 0 saturated carbocycles. The molecule has 0 radical (unpaired) electrons. The highest BCUT2D eigenvalue weighted by molar-refractivity contribution is 5.23. The summed E-state index contributed by atoms with van der Waals surface area (Å²) in [5.41, 5.74) is 2.14. The Morgan fingerprint density at radius 3 is 2.00 bits per heavy atom. The third-order valence-corrected chi connectivity index (χ3v) is 2.42. The van der Waals surface area contributed by atoms with Crippen molar-refractivity contribution in [2.24, 2.45) is 0 Å². The van der Waals surface area contributed by atoms with Crippen LogP contribution >= 0.6 is 0 Å². The molecule has 1 N–H and O–H groups in total. The first kappa shape index (κ1) is 14.2. The number of aliphatic hydroxyl groups is 1. The molecule has 1 rings (SSSR count). The minimum absolute atomic E-state index is 0.286. The van der Waals surface area contributed by atoms with E-state index in [1.807, 2.05) is 38.1 Å². The van der Waals surface area contributed by atoms with Crippen LogP contribution in [-0.2, 0) is 15.9 Å². The van der Waals surface area contributed by atoms with E-state index in [0.29, 0.717) is 19.6 Å². The zero-order valence-electron chi connectivity index (χ0n) is 10.8. The molecule has 3 nitrogen and oxygen atoms in total. The SMILES string of the molecule is CCOC(OCC)c1ccc(CC(C)O)cc1. The Bertz CT molecular complexity index is 300. The lowest BCUT2D eigenvalue weighted by molar-refractivity contribution is -0.140. The maximum atomic E-state index is 9.30. The third-order valence-electron chi connectivity index (χ3n) is 2.42. The summed E-state index contributed by atoms with van der Waals surface area (Å²) in [5.74, 6) is 0. The van der Waals surface area contributed by atoms with Crippen LogP contribution in [0.2, 0.25) is 0 Å². The van der Waals surface area contributed by atoms with Crippen molar-refractivity contribution < 1.29 is 14.6 Å². The minimum atomic E-state index is -0.310. The summed E-state index contributed by atoms with van der Waals surface area (Å²) in [6.45, 7) is 6.94. The second kappa shape index (κ2) is 7.43. The van der Waals surface area contributed by atoms with Crippen LogP contribution in [0.15, 0.2) is 24.3 Å². The highest BCUT2D eigenvalue weighted by atomic mass is 16.7. The van der Waals surface area contributed by atoms with Crippen LogP contribution < -0.4 is 0 Å². The van der Waals surface area contributed by atoms with Crippen LogP contribution in [0.25, 0.3) is 0 Å². The Morgan fingerprint density at radius 2 is 1.59 bits per heavy atom. The van der Waals surface area contributed by atoms with Crippen LogP contribution in [0.5, 0.6) is 0 Å². The van der Waals surface area contributed by atoms with Gasteiger partial charge in [-0.2, -0.15) is 0 Å². The van der Waals surface area contributed by atoms with E-state index in [4.69, 9.17) is 9.47 Å². The van der Waals surface area contributed by atoms with Crippen LogP contribution in [-0.4, -0.2) is 24.4 Å². The van der Waals surface area contributed by atoms with Crippen molar-refractivity contribution in [3.63, 3.8) is 0 Å². The van der Waals surface area contributed by atoms with Gasteiger partial charge in [0.2, 0.25) is 0 Å². The second-order valence-corrected chi connectivity index (χ2v) is 4.04. The zero-order valence-corrected chi connectivity index (χ0v) is 10.8. The van der Waals surface area contributed by atoms with Gasteiger partial charge in [-0.1, -0.05) is 24.3 Å². The number of benzene rings is 1. The highest BCUT2D eigenvalue weighted by Gasteiger charge is 2.10. The van der Waals surface area contributed by atoms with Gasteiger partial charge in [0.05, 0.1) is 6.10 Å². The largest absolute Gasteiger partial charge is 0.393 e. The molecule has 0 spiro atoms. The maximum absolute atomic E-state index is 9.30. The Balaban J connectivity index is 2.69. The van der Waals surface area contributed by atoms with Gasteiger partial charge in [-0.15, -0.1) is 0 Å². The van der Waals surface area contributed by atoms with E-state index in [2.05, 4.69) is 0 Å². The molecule has 0 bridgehead atoms. The van der Waals surface area contributed by atoms with Gasteiger partial charge in [0.25, 0.3) is 0 Å². The molecule has 1 unspecified atom stereocenters. The van der Waals surface area contributed by atoms with Crippen molar-refractivity contribution in [2.45, 2.75) is 39.6 Å². The normalized spacial score (nSPS) is 13.0. The molecule has 0 heterocycles. The molecule has 0 amide bonds. The minimum Gasteiger partial charge on any atom is -0.393 e. The van der Waals surface area contributed by atoms with Crippen LogP contribution in [0.3, 0.4) is 0 Å². The first-order valence-corrected chi connectivity index (χ1v) is 6.17. The lowest BCUT2D eigenvalue weighted by Crippen LogP contribution is -2.09. The lowest BCUT2D eigenvalue weighted by Gasteiger charge is -2.17. The predicted octanol–water partition coefficient (Wildman–Crippen LogP) is 2.68. The molecular weight excluding hydrogens is 216 g/mol. The van der Waals surface area contributed by atoms with E-state index in [1.54, 1.807) is 6.92 Å². The molecule has 0 fully saturated rings. The summed E-state index contributed by atoms with van der Waals surface area (Å²) < 4.78 is 11.0. The molecule has 0 aliphatic carbocycles. The number of aliphatic hydroxyl groups excluding tert-OH is 1. The average molecular weight is 238 g/mol. The monoisotopic (exact) mass is 238 g/mol. The van der Waals surface area contributed by atoms with E-state index in [9.17, 15) is 5.11 Å². The summed E-state index contributed by atoms with van der Waals surface area (Å²) in [7, 11) is 0. The van der Waals surface area contributed by atoms with Crippen molar-refractivity contribution >= 4 is 0 Å². The summed E-state index contributed by atoms with van der Waals surface area (Å²) in [6.07, 6.45) is 0.0785.